The maximum Gasteiger partial charge on any atom is 0.350 e. The first-order chi connectivity index (χ1) is 11.1. The lowest BCUT2D eigenvalue weighted by Crippen LogP contribution is -2.09. The van der Waals surface area contributed by atoms with Crippen molar-refractivity contribution >= 4 is 11.9 Å². The van der Waals surface area contributed by atoms with Gasteiger partial charge in [-0.2, -0.15) is 0 Å². The summed E-state index contributed by atoms with van der Waals surface area (Å²) in [6.45, 7) is 7.22. The summed E-state index contributed by atoms with van der Waals surface area (Å²) in [6.07, 6.45) is 2.35. The average Bonchev–Trinajstić information content (AvgIpc) is 2.83. The lowest BCUT2D eigenvalue weighted by molar-refractivity contribution is 0.0442. The maximum atomic E-state index is 12.0. The van der Waals surface area contributed by atoms with E-state index in [-0.39, 0.29) is 16.9 Å². The summed E-state index contributed by atoms with van der Waals surface area (Å²) < 4.78 is 21.8. The molecule has 1 aromatic carbocycles. The lowest BCUT2D eigenvalue weighted by atomic mass is 10.1. The molecule has 1 heterocycles. The summed E-state index contributed by atoms with van der Waals surface area (Å²) in [6, 6.07) is 1.50. The summed E-state index contributed by atoms with van der Waals surface area (Å²) in [4.78, 5) is 23.9. The van der Waals surface area contributed by atoms with Crippen molar-refractivity contribution in [3.63, 3.8) is 0 Å². The first-order valence-electron chi connectivity index (χ1n) is 7.99. The normalized spacial score (nSPS) is 12.8. The molecule has 0 spiro atoms. The van der Waals surface area contributed by atoms with E-state index in [4.69, 9.17) is 18.9 Å². The Hall–Kier alpha value is -2.24. The molecule has 6 nitrogen and oxygen atoms in total. The molecule has 0 fully saturated rings. The fourth-order valence-corrected chi connectivity index (χ4v) is 2.17. The number of esters is 2. The molecular weight excluding hydrogens is 300 g/mol. The van der Waals surface area contributed by atoms with Gasteiger partial charge in [0.05, 0.1) is 25.4 Å². The second-order valence-electron chi connectivity index (χ2n) is 5.18. The Bertz CT molecular complexity index is 593. The number of fused-ring (bicyclic) bond motifs is 1. The van der Waals surface area contributed by atoms with Crippen LogP contribution in [-0.2, 0) is 4.74 Å². The molecule has 1 aliphatic heterocycles. The Morgan fingerprint density at radius 1 is 0.826 bits per heavy atom. The quantitative estimate of drug-likeness (QED) is 0.513. The van der Waals surface area contributed by atoms with E-state index in [1.54, 1.807) is 0 Å². The highest BCUT2D eigenvalue weighted by Crippen LogP contribution is 2.45. The Kier molecular flexibility index (Phi) is 5.84. The molecule has 1 aromatic rings. The van der Waals surface area contributed by atoms with Gasteiger partial charge in [-0.1, -0.05) is 20.8 Å². The van der Waals surface area contributed by atoms with Crippen molar-refractivity contribution in [1.82, 2.24) is 0 Å². The Morgan fingerprint density at radius 2 is 1.39 bits per heavy atom. The van der Waals surface area contributed by atoms with Crippen molar-refractivity contribution in [2.75, 3.05) is 19.8 Å². The fourth-order valence-electron chi connectivity index (χ4n) is 2.17. The van der Waals surface area contributed by atoms with Crippen LogP contribution in [0.25, 0.3) is 0 Å². The van der Waals surface area contributed by atoms with Crippen molar-refractivity contribution in [1.29, 1.82) is 0 Å². The number of hydrogen-bond acceptors (Lipinski definition) is 6. The molecule has 0 aromatic heterocycles. The van der Waals surface area contributed by atoms with E-state index in [0.29, 0.717) is 31.3 Å². The summed E-state index contributed by atoms with van der Waals surface area (Å²) in [5, 5.41) is 0. The largest absolute Gasteiger partial charge is 0.490 e. The molecule has 6 heteroatoms. The predicted octanol–water partition coefficient (Wildman–Crippen LogP) is 3.36. The van der Waals surface area contributed by atoms with E-state index in [1.807, 2.05) is 20.8 Å². The molecule has 0 atom stereocenters. The number of benzene rings is 1. The van der Waals surface area contributed by atoms with Crippen LogP contribution in [0.2, 0.25) is 0 Å². The molecule has 126 valence electrons. The molecule has 0 aliphatic carbocycles. The Labute approximate surface area is 135 Å². The highest BCUT2D eigenvalue weighted by molar-refractivity contribution is 6.17. The number of cyclic esters (lactones) is 2. The average molecular weight is 322 g/mol. The minimum absolute atomic E-state index is 0.124. The Balaban J connectivity index is 2.55. The number of carbonyl (C=O) groups is 2. The number of ether oxygens (including phenoxy) is 4. The topological polar surface area (TPSA) is 71.1 Å². The van der Waals surface area contributed by atoms with Crippen LogP contribution in [0.3, 0.4) is 0 Å². The summed E-state index contributed by atoms with van der Waals surface area (Å²) in [5.74, 6) is -0.398. The molecule has 23 heavy (non-hydrogen) atoms. The van der Waals surface area contributed by atoms with Crippen LogP contribution in [-0.4, -0.2) is 31.8 Å². The number of carbonyl (C=O) groups excluding carboxylic acids is 2. The van der Waals surface area contributed by atoms with E-state index >= 15 is 0 Å². The van der Waals surface area contributed by atoms with Crippen molar-refractivity contribution in [2.24, 2.45) is 0 Å². The molecule has 0 N–H and O–H groups in total. The van der Waals surface area contributed by atoms with E-state index in [0.717, 1.165) is 19.3 Å². The minimum Gasteiger partial charge on any atom is -0.490 e. The lowest BCUT2D eigenvalue weighted by Gasteiger charge is -2.18. The van der Waals surface area contributed by atoms with Gasteiger partial charge in [-0.05, 0) is 25.3 Å². The van der Waals surface area contributed by atoms with Crippen LogP contribution < -0.4 is 14.2 Å². The van der Waals surface area contributed by atoms with Gasteiger partial charge in [0.15, 0.2) is 11.5 Å². The monoisotopic (exact) mass is 322 g/mol. The van der Waals surface area contributed by atoms with Gasteiger partial charge in [0, 0.05) is 0 Å². The molecule has 0 saturated carbocycles. The van der Waals surface area contributed by atoms with E-state index in [2.05, 4.69) is 0 Å². The SMILES string of the molecule is CCCOc1cc2c(c(OCCC)c1OCCC)C(=O)OC2=O. The van der Waals surface area contributed by atoms with Crippen LogP contribution in [0.1, 0.15) is 60.7 Å². The highest BCUT2D eigenvalue weighted by atomic mass is 16.6. The third kappa shape index (κ3) is 3.57. The second kappa shape index (κ2) is 7.85. The minimum atomic E-state index is -0.709. The van der Waals surface area contributed by atoms with Crippen molar-refractivity contribution in [2.45, 2.75) is 40.0 Å². The zero-order chi connectivity index (χ0) is 16.8. The van der Waals surface area contributed by atoms with E-state index in [1.165, 1.54) is 6.07 Å². The standard InChI is InChI=1S/C17H22O6/c1-4-7-20-12-10-11-13(17(19)23-16(11)18)15(22-9-6-3)14(12)21-8-5-2/h10H,4-9H2,1-3H3. The van der Waals surface area contributed by atoms with Crippen LogP contribution in [0, 0.1) is 0 Å². The van der Waals surface area contributed by atoms with Crippen molar-refractivity contribution in [3.8, 4) is 17.2 Å². The van der Waals surface area contributed by atoms with Gasteiger partial charge in [-0.25, -0.2) is 9.59 Å². The van der Waals surface area contributed by atoms with E-state index in [9.17, 15) is 9.59 Å². The van der Waals surface area contributed by atoms with Crippen LogP contribution in [0.4, 0.5) is 0 Å². The molecular formula is C17H22O6. The van der Waals surface area contributed by atoms with Gasteiger partial charge in [0.25, 0.3) is 0 Å². The summed E-state index contributed by atoms with van der Waals surface area (Å²) >= 11 is 0. The van der Waals surface area contributed by atoms with Crippen molar-refractivity contribution in [3.05, 3.63) is 17.2 Å². The van der Waals surface area contributed by atoms with Crippen molar-refractivity contribution < 1.29 is 28.5 Å². The highest BCUT2D eigenvalue weighted by Gasteiger charge is 2.37. The molecule has 0 radical (unpaired) electrons. The fraction of sp³-hybridized carbons (Fsp3) is 0.529. The van der Waals surface area contributed by atoms with Gasteiger partial charge >= 0.3 is 11.9 Å². The van der Waals surface area contributed by atoms with Gasteiger partial charge in [-0.3, -0.25) is 0 Å². The summed E-state index contributed by atoms with van der Waals surface area (Å²) in [7, 11) is 0. The first-order valence-corrected chi connectivity index (χ1v) is 7.99. The molecule has 1 aliphatic rings. The van der Waals surface area contributed by atoms with Crippen LogP contribution in [0.15, 0.2) is 6.07 Å². The van der Waals surface area contributed by atoms with Gasteiger partial charge in [0.1, 0.15) is 5.56 Å². The second-order valence-corrected chi connectivity index (χ2v) is 5.18. The molecule has 0 saturated heterocycles. The van der Waals surface area contributed by atoms with E-state index < -0.39 is 11.9 Å². The van der Waals surface area contributed by atoms with Gasteiger partial charge in [0.2, 0.25) is 5.75 Å². The molecule has 2 rings (SSSR count). The number of hydrogen-bond donors (Lipinski definition) is 0. The third-order valence-corrected chi connectivity index (χ3v) is 3.17. The molecule has 0 bridgehead atoms. The third-order valence-electron chi connectivity index (χ3n) is 3.17. The zero-order valence-electron chi connectivity index (χ0n) is 13.8. The number of rotatable bonds is 9. The van der Waals surface area contributed by atoms with Crippen LogP contribution in [0.5, 0.6) is 17.2 Å². The van der Waals surface area contributed by atoms with Gasteiger partial charge < -0.3 is 18.9 Å². The zero-order valence-corrected chi connectivity index (χ0v) is 13.8. The molecule has 0 unspecified atom stereocenters. The first kappa shape index (κ1) is 17.1. The summed E-state index contributed by atoms with van der Waals surface area (Å²) in [5.41, 5.74) is 0.287. The predicted molar refractivity (Wildman–Crippen MR) is 83.5 cm³/mol. The maximum absolute atomic E-state index is 12.0. The van der Waals surface area contributed by atoms with Crippen LogP contribution >= 0.6 is 0 Å². The molecule has 0 amide bonds. The Morgan fingerprint density at radius 3 is 2.00 bits per heavy atom. The van der Waals surface area contributed by atoms with Gasteiger partial charge in [-0.15, -0.1) is 0 Å². The smallest absolute Gasteiger partial charge is 0.350 e.